The largest absolute Gasteiger partial charge is 0.390 e. The van der Waals surface area contributed by atoms with Crippen molar-refractivity contribution in [2.75, 3.05) is 0 Å². The molecular formula is C40H54O4. The number of hydrogen-bond donors (Lipinski definition) is 3. The molecule has 2 aliphatic carbocycles. The van der Waals surface area contributed by atoms with Crippen molar-refractivity contribution in [1.29, 1.82) is 0 Å². The zero-order valence-electron chi connectivity index (χ0n) is 28.5. The number of aliphatic hydroxyl groups is 3. The van der Waals surface area contributed by atoms with Crippen LogP contribution in [0.2, 0.25) is 0 Å². The minimum absolute atomic E-state index is 0.173. The average molecular weight is 599 g/mol. The van der Waals surface area contributed by atoms with Crippen molar-refractivity contribution < 1.29 is 20.1 Å². The van der Waals surface area contributed by atoms with Crippen LogP contribution < -0.4 is 0 Å². The lowest BCUT2D eigenvalue weighted by molar-refractivity contribution is -0.125. The molecule has 0 spiro atoms. The van der Waals surface area contributed by atoms with Crippen LogP contribution in [0.15, 0.2) is 130 Å². The quantitative estimate of drug-likeness (QED) is 0.220. The summed E-state index contributed by atoms with van der Waals surface area (Å²) in [5, 5.41) is 30.6. The molecule has 0 bridgehead atoms. The lowest BCUT2D eigenvalue weighted by Gasteiger charge is -2.40. The monoisotopic (exact) mass is 598 g/mol. The van der Waals surface area contributed by atoms with E-state index in [4.69, 9.17) is 0 Å². The molecule has 238 valence electrons. The van der Waals surface area contributed by atoms with Crippen molar-refractivity contribution in [3.05, 3.63) is 130 Å². The number of hydrogen-bond acceptors (Lipinski definition) is 4. The fourth-order valence-corrected chi connectivity index (χ4v) is 5.78. The molecule has 44 heavy (non-hydrogen) atoms. The molecule has 0 fully saturated rings. The molecule has 0 aromatic heterocycles. The molecular weight excluding hydrogens is 544 g/mol. The Balaban J connectivity index is 1.94. The SMILES string of the molecule is CC(C=CC1=C(C)C[C@@H](O)[C@H](O)C1(C)C)=CC=CC(C)=C/C=C/C=C(C)/C=C/C=C(C)C=CC1=C(C)C(=O)[C@@H](O)CC1(C)C. The normalized spacial score (nSPS) is 26.2. The summed E-state index contributed by atoms with van der Waals surface area (Å²) in [4.78, 5) is 12.2. The van der Waals surface area contributed by atoms with Crippen molar-refractivity contribution in [3.63, 3.8) is 0 Å². The summed E-state index contributed by atoms with van der Waals surface area (Å²) < 4.78 is 0. The molecule has 2 aliphatic rings. The molecule has 0 aromatic rings. The van der Waals surface area contributed by atoms with E-state index >= 15 is 0 Å². The second-order valence-electron chi connectivity index (χ2n) is 13.6. The Morgan fingerprint density at radius 3 is 1.61 bits per heavy atom. The first-order chi connectivity index (χ1) is 20.5. The van der Waals surface area contributed by atoms with Gasteiger partial charge in [-0.05, 0) is 76.5 Å². The van der Waals surface area contributed by atoms with Crippen LogP contribution >= 0.6 is 0 Å². The van der Waals surface area contributed by atoms with Crippen LogP contribution in [0.5, 0.6) is 0 Å². The van der Waals surface area contributed by atoms with E-state index < -0.39 is 23.7 Å². The third kappa shape index (κ3) is 10.4. The molecule has 4 nitrogen and oxygen atoms in total. The highest BCUT2D eigenvalue weighted by Crippen LogP contribution is 2.41. The molecule has 0 amide bonds. The van der Waals surface area contributed by atoms with Gasteiger partial charge in [-0.1, -0.05) is 141 Å². The van der Waals surface area contributed by atoms with E-state index in [9.17, 15) is 20.1 Å². The van der Waals surface area contributed by atoms with Crippen molar-refractivity contribution >= 4 is 5.78 Å². The molecule has 0 aromatic carbocycles. The minimum atomic E-state index is -0.905. The average Bonchev–Trinajstić information content (AvgIpc) is 2.92. The van der Waals surface area contributed by atoms with Crippen molar-refractivity contribution in [3.8, 4) is 0 Å². The van der Waals surface area contributed by atoms with E-state index in [0.717, 1.165) is 39.0 Å². The molecule has 3 N–H and O–H groups in total. The highest BCUT2D eigenvalue weighted by molar-refractivity contribution is 6.00. The van der Waals surface area contributed by atoms with Gasteiger partial charge < -0.3 is 15.3 Å². The standard InChI is InChI=1S/C40H54O4/c1-27(17-13-19-29(3)21-23-33-31(5)25-35(41)38(44)40(33,9)10)15-11-12-16-28(2)18-14-20-30(4)22-24-34-32(6)37(43)36(42)26-39(34,7)8/h11-24,35-36,38,41-42,44H,25-26H2,1-10H3/b12-11+,17-13?,18-14+,23-21?,24-22?,27-15?,28-16+,29-19?,30-20?/t35-,36+,38+/m1/s1. The number of rotatable bonds is 10. The maximum absolute atomic E-state index is 12.2. The summed E-state index contributed by atoms with van der Waals surface area (Å²) in [5.41, 5.74) is 7.54. The number of aliphatic hydroxyl groups excluding tert-OH is 3. The first-order valence-electron chi connectivity index (χ1n) is 15.5. The van der Waals surface area contributed by atoms with Gasteiger partial charge in [-0.2, -0.15) is 0 Å². The van der Waals surface area contributed by atoms with Crippen LogP contribution in [0.1, 0.15) is 82.1 Å². The zero-order chi connectivity index (χ0) is 33.2. The summed E-state index contributed by atoms with van der Waals surface area (Å²) >= 11 is 0. The summed E-state index contributed by atoms with van der Waals surface area (Å²) in [6, 6.07) is 0. The predicted octanol–water partition coefficient (Wildman–Crippen LogP) is 8.70. The van der Waals surface area contributed by atoms with Crippen LogP contribution in [-0.2, 0) is 4.79 Å². The zero-order valence-corrected chi connectivity index (χ0v) is 28.5. The van der Waals surface area contributed by atoms with E-state index in [1.54, 1.807) is 6.92 Å². The summed E-state index contributed by atoms with van der Waals surface area (Å²) in [7, 11) is 0. The van der Waals surface area contributed by atoms with E-state index in [-0.39, 0.29) is 11.2 Å². The smallest absolute Gasteiger partial charge is 0.187 e. The highest BCUT2D eigenvalue weighted by atomic mass is 16.3. The van der Waals surface area contributed by atoms with Gasteiger partial charge in [-0.15, -0.1) is 0 Å². The molecule has 4 heteroatoms. The van der Waals surface area contributed by atoms with Crippen molar-refractivity contribution in [2.24, 2.45) is 10.8 Å². The Hall–Kier alpha value is -3.31. The van der Waals surface area contributed by atoms with Gasteiger partial charge in [0.05, 0.1) is 12.2 Å². The van der Waals surface area contributed by atoms with Gasteiger partial charge in [0, 0.05) is 5.41 Å². The molecule has 0 radical (unpaired) electrons. The topological polar surface area (TPSA) is 77.8 Å². The summed E-state index contributed by atoms with van der Waals surface area (Å²) in [6.07, 6.45) is 27.2. The Morgan fingerprint density at radius 2 is 1.11 bits per heavy atom. The number of carbonyl (C=O) groups is 1. The number of ketones is 1. The van der Waals surface area contributed by atoms with Crippen molar-refractivity contribution in [1.82, 2.24) is 0 Å². The van der Waals surface area contributed by atoms with Gasteiger partial charge in [0.1, 0.15) is 6.10 Å². The molecule has 0 unspecified atom stereocenters. The lowest BCUT2D eigenvalue weighted by atomic mass is 9.69. The van der Waals surface area contributed by atoms with Crippen LogP contribution in [0.4, 0.5) is 0 Å². The van der Waals surface area contributed by atoms with Gasteiger partial charge in [0.25, 0.3) is 0 Å². The van der Waals surface area contributed by atoms with Gasteiger partial charge in [0.15, 0.2) is 5.78 Å². The Bertz CT molecular complexity index is 1410. The van der Waals surface area contributed by atoms with Crippen LogP contribution in [0.25, 0.3) is 0 Å². The Labute approximate surface area is 266 Å². The van der Waals surface area contributed by atoms with E-state index in [2.05, 4.69) is 77.2 Å². The second-order valence-corrected chi connectivity index (χ2v) is 13.6. The minimum Gasteiger partial charge on any atom is -0.390 e. The Kier molecular flexibility index (Phi) is 13.5. The fraction of sp³-hybridized carbons (Fsp3) is 0.425. The molecule has 0 heterocycles. The van der Waals surface area contributed by atoms with Crippen LogP contribution in [0, 0.1) is 10.8 Å². The first kappa shape index (κ1) is 36.9. The van der Waals surface area contributed by atoms with Crippen LogP contribution in [0.3, 0.4) is 0 Å². The number of Topliss-reactive ketones (excluding diaryl/α,β-unsaturated/α-hetero) is 1. The van der Waals surface area contributed by atoms with Crippen molar-refractivity contribution in [2.45, 2.75) is 100 Å². The second kappa shape index (κ2) is 16.1. The fourth-order valence-electron chi connectivity index (χ4n) is 5.78. The lowest BCUT2D eigenvalue weighted by Crippen LogP contribution is -2.44. The molecule has 0 saturated carbocycles. The number of allylic oxidation sites excluding steroid dienone is 19. The molecule has 2 rings (SSSR count). The number of carbonyl (C=O) groups excluding carboxylic acids is 1. The molecule has 0 saturated heterocycles. The van der Waals surface area contributed by atoms with Crippen LogP contribution in [-0.4, -0.2) is 39.4 Å². The molecule has 0 aliphatic heterocycles. The highest BCUT2D eigenvalue weighted by Gasteiger charge is 2.40. The Morgan fingerprint density at radius 1 is 0.682 bits per heavy atom. The third-order valence-electron chi connectivity index (χ3n) is 8.57. The van der Waals surface area contributed by atoms with Gasteiger partial charge in [0.2, 0.25) is 0 Å². The van der Waals surface area contributed by atoms with E-state index in [0.29, 0.717) is 18.4 Å². The summed E-state index contributed by atoms with van der Waals surface area (Å²) in [6.45, 7) is 20.1. The maximum atomic E-state index is 12.2. The third-order valence-corrected chi connectivity index (χ3v) is 8.57. The maximum Gasteiger partial charge on any atom is 0.187 e. The van der Waals surface area contributed by atoms with Gasteiger partial charge >= 0.3 is 0 Å². The first-order valence-corrected chi connectivity index (χ1v) is 15.5. The van der Waals surface area contributed by atoms with Gasteiger partial charge in [-0.3, -0.25) is 4.79 Å². The summed E-state index contributed by atoms with van der Waals surface area (Å²) in [5.74, 6) is -0.173. The molecule has 3 atom stereocenters. The van der Waals surface area contributed by atoms with Gasteiger partial charge in [-0.25, -0.2) is 0 Å². The van der Waals surface area contributed by atoms with E-state index in [1.807, 2.05) is 70.2 Å². The van der Waals surface area contributed by atoms with E-state index in [1.165, 1.54) is 0 Å². The predicted molar refractivity (Wildman–Crippen MR) is 186 cm³/mol.